The Morgan fingerprint density at radius 2 is 1.81 bits per heavy atom. The first-order chi connectivity index (χ1) is 7.74. The Bertz CT molecular complexity index is 201. The van der Waals surface area contributed by atoms with E-state index in [0.717, 1.165) is 38.1 Å². The van der Waals surface area contributed by atoms with Gasteiger partial charge in [0.1, 0.15) is 0 Å². The van der Waals surface area contributed by atoms with Gasteiger partial charge in [-0.1, -0.05) is 6.92 Å². The molecule has 4 nitrogen and oxygen atoms in total. The maximum Gasteiger partial charge on any atom is 0.223 e. The van der Waals surface area contributed by atoms with Crippen LogP contribution in [0.3, 0.4) is 0 Å². The van der Waals surface area contributed by atoms with Crippen LogP contribution >= 0.6 is 0 Å². The van der Waals surface area contributed by atoms with Crippen molar-refractivity contribution in [3.8, 4) is 0 Å². The molecule has 0 atom stereocenters. The van der Waals surface area contributed by atoms with E-state index >= 15 is 0 Å². The van der Waals surface area contributed by atoms with Gasteiger partial charge in [0.15, 0.2) is 0 Å². The lowest BCUT2D eigenvalue weighted by Gasteiger charge is -2.25. The van der Waals surface area contributed by atoms with E-state index in [1.165, 1.54) is 12.8 Å². The Balaban J connectivity index is 2.06. The third-order valence-electron chi connectivity index (χ3n) is 3.40. The number of nitrogens with one attached hydrogen (secondary N) is 2. The van der Waals surface area contributed by atoms with Gasteiger partial charge in [-0.2, -0.15) is 0 Å². The fraction of sp³-hybridized carbons (Fsp3) is 0.917. The van der Waals surface area contributed by atoms with Crippen LogP contribution in [-0.4, -0.2) is 24.2 Å². The molecule has 1 rings (SSSR count). The molecule has 4 heteroatoms. The highest BCUT2D eigenvalue weighted by atomic mass is 16.5. The Labute approximate surface area is 97.8 Å². The topological polar surface area (TPSA) is 61.4 Å². The van der Waals surface area contributed by atoms with E-state index in [9.17, 15) is 4.79 Å². The van der Waals surface area contributed by atoms with Crippen LogP contribution in [0.5, 0.6) is 0 Å². The molecule has 1 saturated carbocycles. The number of hydrogen-bond acceptors (Lipinski definition) is 3. The van der Waals surface area contributed by atoms with Crippen molar-refractivity contribution in [2.75, 3.05) is 13.1 Å². The van der Waals surface area contributed by atoms with Gasteiger partial charge in [-0.25, -0.2) is 5.48 Å². The third kappa shape index (κ3) is 4.94. The van der Waals surface area contributed by atoms with Gasteiger partial charge in [0, 0.05) is 19.0 Å². The van der Waals surface area contributed by atoms with E-state index in [0.29, 0.717) is 6.54 Å². The van der Waals surface area contributed by atoms with Gasteiger partial charge in [0.2, 0.25) is 5.91 Å². The molecule has 3 N–H and O–H groups in total. The van der Waals surface area contributed by atoms with Gasteiger partial charge in [-0.15, -0.1) is 0 Å². The smallest absolute Gasteiger partial charge is 0.223 e. The van der Waals surface area contributed by atoms with Gasteiger partial charge in [-0.3, -0.25) is 4.79 Å². The van der Waals surface area contributed by atoms with E-state index in [4.69, 9.17) is 5.21 Å². The second-order valence-corrected chi connectivity index (χ2v) is 4.86. The summed E-state index contributed by atoms with van der Waals surface area (Å²) in [4.78, 5) is 11.8. The standard InChI is InChI=1S/C12H24N2O2/c1-10-4-6-11(7-5-10)12(15)13-8-2-3-9-14-16/h10-11,14,16H,2-9H2,1H3,(H,13,15). The highest BCUT2D eigenvalue weighted by Gasteiger charge is 2.23. The fourth-order valence-corrected chi connectivity index (χ4v) is 2.21. The van der Waals surface area contributed by atoms with Crippen molar-refractivity contribution in [2.45, 2.75) is 45.4 Å². The minimum Gasteiger partial charge on any atom is -0.356 e. The summed E-state index contributed by atoms with van der Waals surface area (Å²) in [6, 6.07) is 0. The Hall–Kier alpha value is -0.610. The molecule has 0 aromatic heterocycles. The number of hydroxylamine groups is 1. The summed E-state index contributed by atoms with van der Waals surface area (Å²) >= 11 is 0. The van der Waals surface area contributed by atoms with Crippen LogP contribution in [0.15, 0.2) is 0 Å². The second kappa shape index (κ2) is 7.63. The Morgan fingerprint density at radius 3 is 2.44 bits per heavy atom. The molecule has 1 aliphatic rings. The normalized spacial score (nSPS) is 25.4. The van der Waals surface area contributed by atoms with E-state index in [-0.39, 0.29) is 11.8 Å². The molecule has 0 unspecified atom stereocenters. The van der Waals surface area contributed by atoms with Crippen molar-refractivity contribution in [3.05, 3.63) is 0 Å². The summed E-state index contributed by atoms with van der Waals surface area (Å²) in [6.45, 7) is 3.58. The van der Waals surface area contributed by atoms with Crippen LogP contribution in [0.1, 0.15) is 45.4 Å². The monoisotopic (exact) mass is 228 g/mol. The van der Waals surface area contributed by atoms with Crippen molar-refractivity contribution in [1.29, 1.82) is 0 Å². The van der Waals surface area contributed by atoms with Gasteiger partial charge in [0.25, 0.3) is 0 Å². The highest BCUT2D eigenvalue weighted by molar-refractivity contribution is 5.78. The molecule has 0 spiro atoms. The van der Waals surface area contributed by atoms with Crippen molar-refractivity contribution < 1.29 is 10.0 Å². The van der Waals surface area contributed by atoms with Gasteiger partial charge >= 0.3 is 0 Å². The molecule has 94 valence electrons. The lowest BCUT2D eigenvalue weighted by molar-refractivity contribution is -0.126. The predicted octanol–water partition coefficient (Wildman–Crippen LogP) is 1.69. The first-order valence-electron chi connectivity index (χ1n) is 6.38. The summed E-state index contributed by atoms with van der Waals surface area (Å²) in [5.74, 6) is 1.26. The van der Waals surface area contributed by atoms with Crippen molar-refractivity contribution in [3.63, 3.8) is 0 Å². The minimum absolute atomic E-state index is 0.226. The zero-order chi connectivity index (χ0) is 11.8. The van der Waals surface area contributed by atoms with Crippen LogP contribution in [-0.2, 0) is 4.79 Å². The molecule has 0 aromatic rings. The van der Waals surface area contributed by atoms with E-state index in [1.807, 2.05) is 0 Å². The Kier molecular flexibility index (Phi) is 6.42. The lowest BCUT2D eigenvalue weighted by Crippen LogP contribution is -2.33. The van der Waals surface area contributed by atoms with Crippen LogP contribution < -0.4 is 10.8 Å². The number of carbonyl (C=O) groups excluding carboxylic acids is 1. The average Bonchev–Trinajstić information content (AvgIpc) is 2.29. The quantitative estimate of drug-likeness (QED) is 0.479. The van der Waals surface area contributed by atoms with Crippen LogP contribution in [0.2, 0.25) is 0 Å². The summed E-state index contributed by atoms with van der Waals surface area (Å²) < 4.78 is 0. The van der Waals surface area contributed by atoms with Gasteiger partial charge < -0.3 is 10.5 Å². The highest BCUT2D eigenvalue weighted by Crippen LogP contribution is 2.28. The lowest BCUT2D eigenvalue weighted by atomic mass is 9.82. The Morgan fingerprint density at radius 1 is 1.19 bits per heavy atom. The van der Waals surface area contributed by atoms with Crippen molar-refractivity contribution in [2.24, 2.45) is 11.8 Å². The molecule has 0 saturated heterocycles. The first kappa shape index (κ1) is 13.5. The van der Waals surface area contributed by atoms with Crippen LogP contribution in [0.4, 0.5) is 0 Å². The SMILES string of the molecule is CC1CCC(C(=O)NCCCCNO)CC1. The second-order valence-electron chi connectivity index (χ2n) is 4.86. The molecule has 0 aliphatic heterocycles. The minimum atomic E-state index is 0.226. The van der Waals surface area contributed by atoms with E-state index in [1.54, 1.807) is 0 Å². The van der Waals surface area contributed by atoms with Crippen molar-refractivity contribution in [1.82, 2.24) is 10.8 Å². The van der Waals surface area contributed by atoms with Crippen molar-refractivity contribution >= 4 is 5.91 Å². The molecule has 0 heterocycles. The molecule has 1 aliphatic carbocycles. The van der Waals surface area contributed by atoms with E-state index in [2.05, 4.69) is 17.7 Å². The van der Waals surface area contributed by atoms with Crippen LogP contribution in [0.25, 0.3) is 0 Å². The number of carbonyl (C=O) groups is 1. The molecule has 0 radical (unpaired) electrons. The third-order valence-corrected chi connectivity index (χ3v) is 3.40. The summed E-state index contributed by atoms with van der Waals surface area (Å²) in [5, 5.41) is 11.3. The first-order valence-corrected chi connectivity index (χ1v) is 6.38. The summed E-state index contributed by atoms with van der Waals surface area (Å²) in [6.07, 6.45) is 6.27. The molecule has 0 aromatic carbocycles. The maximum absolute atomic E-state index is 11.8. The maximum atomic E-state index is 11.8. The van der Waals surface area contributed by atoms with Gasteiger partial charge in [0.05, 0.1) is 0 Å². The molecule has 16 heavy (non-hydrogen) atoms. The molecule has 1 amide bonds. The molecule has 0 bridgehead atoms. The predicted molar refractivity (Wildman–Crippen MR) is 63.2 cm³/mol. The summed E-state index contributed by atoms with van der Waals surface area (Å²) in [5.41, 5.74) is 2.11. The summed E-state index contributed by atoms with van der Waals surface area (Å²) in [7, 11) is 0. The molecular weight excluding hydrogens is 204 g/mol. The number of unbranched alkanes of at least 4 members (excludes halogenated alkanes) is 1. The number of rotatable bonds is 6. The average molecular weight is 228 g/mol. The largest absolute Gasteiger partial charge is 0.356 e. The number of amides is 1. The molecular formula is C12H24N2O2. The molecule has 1 fully saturated rings. The zero-order valence-electron chi connectivity index (χ0n) is 10.2. The van der Waals surface area contributed by atoms with Gasteiger partial charge in [-0.05, 0) is 44.4 Å². The zero-order valence-corrected chi connectivity index (χ0v) is 10.2. The number of hydrogen-bond donors (Lipinski definition) is 3. The van der Waals surface area contributed by atoms with Crippen LogP contribution in [0, 0.1) is 11.8 Å². The fourth-order valence-electron chi connectivity index (χ4n) is 2.21. The van der Waals surface area contributed by atoms with E-state index < -0.39 is 0 Å².